The van der Waals surface area contributed by atoms with Crippen molar-refractivity contribution in [1.29, 1.82) is 0 Å². The van der Waals surface area contributed by atoms with Gasteiger partial charge in [-0.1, -0.05) is 37.1 Å². The van der Waals surface area contributed by atoms with E-state index in [1.54, 1.807) is 0 Å². The molecule has 1 saturated carbocycles. The maximum Gasteiger partial charge on any atom is 0.325 e. The van der Waals surface area contributed by atoms with Gasteiger partial charge in [0.05, 0.1) is 16.7 Å². The highest BCUT2D eigenvalue weighted by Crippen LogP contribution is 2.35. The molecule has 1 saturated heterocycles. The van der Waals surface area contributed by atoms with Gasteiger partial charge in [0, 0.05) is 18.5 Å². The van der Waals surface area contributed by atoms with Gasteiger partial charge in [-0.3, -0.25) is 14.5 Å². The van der Waals surface area contributed by atoms with Crippen LogP contribution in [0.1, 0.15) is 32.1 Å². The van der Waals surface area contributed by atoms with Crippen LogP contribution in [0.5, 0.6) is 0 Å². The summed E-state index contributed by atoms with van der Waals surface area (Å²) in [5, 5.41) is 5.74. The summed E-state index contributed by atoms with van der Waals surface area (Å²) in [6, 6.07) is 14.7. The van der Waals surface area contributed by atoms with Crippen molar-refractivity contribution in [1.82, 2.24) is 20.2 Å². The number of aromatic nitrogens is 2. The summed E-state index contributed by atoms with van der Waals surface area (Å²) < 4.78 is 0. The number of fused-ring (bicyclic) bond motifs is 1. The predicted molar refractivity (Wildman–Crippen MR) is 116 cm³/mol. The molecule has 31 heavy (non-hydrogen) atoms. The summed E-state index contributed by atoms with van der Waals surface area (Å²) in [5.41, 5.74) is 2.40. The monoisotopic (exact) mass is 417 g/mol. The Bertz CT molecular complexity index is 1150. The minimum Gasteiger partial charge on any atom is -0.338 e. The Morgan fingerprint density at radius 3 is 2.61 bits per heavy atom. The molecule has 8 heteroatoms. The van der Waals surface area contributed by atoms with Gasteiger partial charge < -0.3 is 15.6 Å². The minimum atomic E-state index is -0.749. The highest BCUT2D eigenvalue weighted by atomic mass is 16.2. The average Bonchev–Trinajstić information content (AvgIpc) is 3.46. The van der Waals surface area contributed by atoms with Crippen molar-refractivity contribution in [3.8, 4) is 11.4 Å². The van der Waals surface area contributed by atoms with Crippen LogP contribution in [-0.2, 0) is 9.59 Å². The first-order valence-electron chi connectivity index (χ1n) is 10.5. The molecule has 0 radical (unpaired) electrons. The molecule has 4 amide bonds. The van der Waals surface area contributed by atoms with Gasteiger partial charge in [0.1, 0.15) is 11.4 Å². The molecule has 2 aliphatic rings. The van der Waals surface area contributed by atoms with Crippen molar-refractivity contribution in [2.24, 2.45) is 0 Å². The number of urea groups is 1. The zero-order valence-corrected chi connectivity index (χ0v) is 17.0. The van der Waals surface area contributed by atoms with Crippen LogP contribution < -0.4 is 10.6 Å². The second kappa shape index (κ2) is 7.54. The number of nitrogens with one attached hydrogen (secondary N) is 3. The Labute approximate surface area is 179 Å². The lowest BCUT2D eigenvalue weighted by Crippen LogP contribution is -2.44. The van der Waals surface area contributed by atoms with Gasteiger partial charge in [-0.15, -0.1) is 0 Å². The Morgan fingerprint density at radius 2 is 1.81 bits per heavy atom. The molecular weight excluding hydrogens is 394 g/mol. The van der Waals surface area contributed by atoms with Gasteiger partial charge in [0.15, 0.2) is 0 Å². The molecule has 8 nitrogen and oxygen atoms in total. The summed E-state index contributed by atoms with van der Waals surface area (Å²) in [7, 11) is 0. The van der Waals surface area contributed by atoms with E-state index in [4.69, 9.17) is 0 Å². The number of anilines is 1. The number of imidazole rings is 1. The largest absolute Gasteiger partial charge is 0.338 e. The third-order valence-electron chi connectivity index (χ3n) is 6.11. The van der Waals surface area contributed by atoms with Crippen LogP contribution >= 0.6 is 0 Å². The molecule has 1 aliphatic heterocycles. The number of para-hydroxylation sites is 3. The molecule has 5 rings (SSSR count). The summed E-state index contributed by atoms with van der Waals surface area (Å²) in [6.07, 6.45) is 3.23. The number of aromatic amines is 1. The summed E-state index contributed by atoms with van der Waals surface area (Å²) in [6.45, 7) is 0.0606. The Hall–Kier alpha value is -3.68. The van der Waals surface area contributed by atoms with E-state index in [-0.39, 0.29) is 24.8 Å². The van der Waals surface area contributed by atoms with Crippen LogP contribution in [0.25, 0.3) is 22.4 Å². The summed E-state index contributed by atoms with van der Waals surface area (Å²) in [5.74, 6) is 0.191. The molecule has 0 bridgehead atoms. The maximum absolute atomic E-state index is 12.7. The fraction of sp³-hybridized carbons (Fsp3) is 0.304. The van der Waals surface area contributed by atoms with Crippen LogP contribution in [-0.4, -0.2) is 44.8 Å². The fourth-order valence-electron chi connectivity index (χ4n) is 4.50. The lowest BCUT2D eigenvalue weighted by molar-refractivity contribution is -0.131. The topological polar surface area (TPSA) is 107 Å². The van der Waals surface area contributed by atoms with Gasteiger partial charge >= 0.3 is 6.03 Å². The van der Waals surface area contributed by atoms with Crippen molar-refractivity contribution in [2.75, 3.05) is 11.9 Å². The number of amides is 4. The molecule has 2 fully saturated rings. The number of nitrogens with zero attached hydrogens (tertiary/aromatic N) is 2. The molecule has 1 spiro atoms. The van der Waals surface area contributed by atoms with Gasteiger partial charge in [0.2, 0.25) is 5.91 Å². The molecule has 2 heterocycles. The second-order valence-electron chi connectivity index (χ2n) is 8.12. The van der Waals surface area contributed by atoms with E-state index in [9.17, 15) is 14.4 Å². The van der Waals surface area contributed by atoms with Gasteiger partial charge in [0.25, 0.3) is 5.91 Å². The predicted octanol–water partition coefficient (Wildman–Crippen LogP) is 3.42. The van der Waals surface area contributed by atoms with Crippen LogP contribution in [0.15, 0.2) is 48.5 Å². The van der Waals surface area contributed by atoms with E-state index in [1.807, 2.05) is 48.5 Å². The normalized spacial score (nSPS) is 17.5. The van der Waals surface area contributed by atoms with Crippen molar-refractivity contribution in [3.63, 3.8) is 0 Å². The van der Waals surface area contributed by atoms with Crippen LogP contribution in [0.3, 0.4) is 0 Å². The number of benzene rings is 2. The molecular formula is C23H23N5O3. The number of H-pyrrole nitrogens is 1. The molecule has 3 N–H and O–H groups in total. The number of hydrogen-bond donors (Lipinski definition) is 3. The first kappa shape index (κ1) is 19.3. The SMILES string of the molecule is O=C(CCN1C(=O)NC2(CCCC2)C1=O)Nc1ccccc1-c1nc2ccccc2[nH]1. The average molecular weight is 417 g/mol. The fourth-order valence-corrected chi connectivity index (χ4v) is 4.50. The van der Waals surface area contributed by atoms with E-state index in [0.29, 0.717) is 24.4 Å². The Kier molecular flexibility index (Phi) is 4.69. The Morgan fingerprint density at radius 1 is 1.06 bits per heavy atom. The van der Waals surface area contributed by atoms with Gasteiger partial charge in [-0.05, 0) is 37.1 Å². The molecule has 1 aromatic heterocycles. The van der Waals surface area contributed by atoms with E-state index >= 15 is 0 Å². The smallest absolute Gasteiger partial charge is 0.325 e. The van der Waals surface area contributed by atoms with Crippen molar-refractivity contribution in [3.05, 3.63) is 48.5 Å². The quantitative estimate of drug-likeness (QED) is 0.553. The zero-order valence-electron chi connectivity index (χ0n) is 17.0. The van der Waals surface area contributed by atoms with E-state index < -0.39 is 11.6 Å². The first-order chi connectivity index (χ1) is 15.1. The van der Waals surface area contributed by atoms with Crippen molar-refractivity contribution in [2.45, 2.75) is 37.6 Å². The molecule has 3 aromatic rings. The molecule has 1 aliphatic carbocycles. The third-order valence-corrected chi connectivity index (χ3v) is 6.11. The van der Waals surface area contributed by atoms with Gasteiger partial charge in [-0.25, -0.2) is 9.78 Å². The summed E-state index contributed by atoms with van der Waals surface area (Å²) >= 11 is 0. The standard InChI is InChI=1S/C23H23N5O3/c29-19(11-14-28-21(30)23(27-22(28)31)12-5-6-13-23)24-16-8-2-1-7-15(16)20-25-17-9-3-4-10-18(17)26-20/h1-4,7-10H,5-6,11-14H2,(H,24,29)(H,25,26)(H,27,31). The minimum absolute atomic E-state index is 0.0315. The lowest BCUT2D eigenvalue weighted by atomic mass is 9.98. The first-order valence-corrected chi connectivity index (χ1v) is 10.5. The molecule has 158 valence electrons. The number of hydrogen-bond acceptors (Lipinski definition) is 4. The van der Waals surface area contributed by atoms with E-state index in [0.717, 1.165) is 29.4 Å². The highest BCUT2D eigenvalue weighted by Gasteiger charge is 2.52. The molecule has 0 atom stereocenters. The Balaban J connectivity index is 1.28. The van der Waals surface area contributed by atoms with Crippen LogP contribution in [0.2, 0.25) is 0 Å². The second-order valence-corrected chi connectivity index (χ2v) is 8.12. The molecule has 2 aromatic carbocycles. The van der Waals surface area contributed by atoms with Crippen LogP contribution in [0, 0.1) is 0 Å². The number of imide groups is 1. The van der Waals surface area contributed by atoms with Gasteiger partial charge in [-0.2, -0.15) is 0 Å². The van der Waals surface area contributed by atoms with Crippen molar-refractivity contribution < 1.29 is 14.4 Å². The molecule has 0 unspecified atom stereocenters. The number of carbonyl (C=O) groups excluding carboxylic acids is 3. The van der Waals surface area contributed by atoms with E-state index in [1.165, 1.54) is 4.90 Å². The highest BCUT2D eigenvalue weighted by molar-refractivity contribution is 6.07. The van der Waals surface area contributed by atoms with E-state index in [2.05, 4.69) is 20.6 Å². The number of rotatable bonds is 5. The zero-order chi connectivity index (χ0) is 21.4. The third kappa shape index (κ3) is 3.43. The summed E-state index contributed by atoms with van der Waals surface area (Å²) in [4.78, 5) is 46.7. The van der Waals surface area contributed by atoms with Crippen LogP contribution in [0.4, 0.5) is 10.5 Å². The lowest BCUT2D eigenvalue weighted by Gasteiger charge is -2.20. The van der Waals surface area contributed by atoms with Crippen molar-refractivity contribution >= 4 is 34.6 Å². The number of carbonyl (C=O) groups is 3. The maximum atomic E-state index is 12.7.